The second kappa shape index (κ2) is 12.0. The maximum Gasteiger partial charge on any atom is 0.238 e. The van der Waals surface area contributed by atoms with Crippen molar-refractivity contribution >= 4 is 21.7 Å². The molecule has 1 heterocycles. The summed E-state index contributed by atoms with van der Waals surface area (Å²) in [6.07, 6.45) is 5.34. The molecular weight excluding hydrogens is 476 g/mol. The van der Waals surface area contributed by atoms with Crippen LogP contribution in [0, 0.1) is 5.92 Å². The van der Waals surface area contributed by atoms with Crippen molar-refractivity contribution in [3.8, 4) is 0 Å². The van der Waals surface area contributed by atoms with Crippen LogP contribution in [0.15, 0.2) is 59.5 Å². The van der Waals surface area contributed by atoms with Crippen molar-refractivity contribution in [1.29, 1.82) is 0 Å². The molecule has 4 rings (SSSR count). The van der Waals surface area contributed by atoms with Gasteiger partial charge in [0.05, 0.1) is 17.4 Å². The highest BCUT2D eigenvalue weighted by Gasteiger charge is 2.28. The Hall–Kier alpha value is -2.75. The largest absolute Gasteiger partial charge is 0.349 e. The lowest BCUT2D eigenvalue weighted by molar-refractivity contribution is -0.128. The number of carbonyl (C=O) groups excluding carboxylic acids is 2. The Bertz CT molecular complexity index is 1130. The van der Waals surface area contributed by atoms with Crippen LogP contribution in [0.4, 0.5) is 0 Å². The summed E-state index contributed by atoms with van der Waals surface area (Å²) < 4.78 is 23.2. The average molecular weight is 513 g/mol. The number of rotatable bonds is 10. The van der Waals surface area contributed by atoms with Crippen LogP contribution in [0.3, 0.4) is 0 Å². The summed E-state index contributed by atoms with van der Waals surface area (Å²) in [6, 6.07) is 16.6. The SMILES string of the molecule is CS(=O)(=O)c1ccc(CC(=O)NN2CCN(CCC(NC(=O)C3CCC3)c3ccccc3)CC2)cc1. The molecule has 2 fully saturated rings. The number of benzene rings is 2. The fourth-order valence-corrected chi connectivity index (χ4v) is 5.25. The lowest BCUT2D eigenvalue weighted by atomic mass is 9.84. The fraction of sp³-hybridized carbons (Fsp3) is 0.481. The number of carbonyl (C=O) groups is 2. The molecule has 36 heavy (non-hydrogen) atoms. The van der Waals surface area contributed by atoms with Crippen LogP contribution in [0.1, 0.15) is 42.9 Å². The summed E-state index contributed by atoms with van der Waals surface area (Å²) in [7, 11) is -3.24. The van der Waals surface area contributed by atoms with Crippen molar-refractivity contribution in [3.05, 3.63) is 65.7 Å². The van der Waals surface area contributed by atoms with Gasteiger partial charge in [-0.05, 0) is 42.5 Å². The summed E-state index contributed by atoms with van der Waals surface area (Å²) in [5, 5.41) is 5.22. The first kappa shape index (κ1) is 26.3. The molecule has 2 N–H and O–H groups in total. The first-order chi connectivity index (χ1) is 17.3. The second-order valence-corrected chi connectivity index (χ2v) is 11.9. The van der Waals surface area contributed by atoms with E-state index in [0.717, 1.165) is 69.5 Å². The minimum absolute atomic E-state index is 0.00566. The number of nitrogens with zero attached hydrogens (tertiary/aromatic N) is 2. The number of nitrogens with one attached hydrogen (secondary N) is 2. The Morgan fingerprint density at radius 2 is 1.64 bits per heavy atom. The molecule has 1 saturated carbocycles. The Balaban J connectivity index is 1.21. The number of piperazine rings is 1. The normalized spacial score (nSPS) is 18.2. The second-order valence-electron chi connectivity index (χ2n) is 9.84. The van der Waals surface area contributed by atoms with Crippen LogP contribution in [-0.2, 0) is 25.8 Å². The molecule has 1 aliphatic carbocycles. The standard InChI is InChI=1S/C27H36N4O4S/c1-36(34,35)24-12-10-21(11-13-24)20-26(32)29-31-18-16-30(17-19-31)15-14-25(22-6-3-2-4-7-22)28-27(33)23-8-5-9-23/h2-4,6-7,10-13,23,25H,5,8-9,14-20H2,1H3,(H,28,33)(H,29,32). The smallest absolute Gasteiger partial charge is 0.238 e. The maximum atomic E-state index is 12.6. The Morgan fingerprint density at radius 3 is 2.22 bits per heavy atom. The van der Waals surface area contributed by atoms with E-state index < -0.39 is 9.84 Å². The van der Waals surface area contributed by atoms with E-state index in [9.17, 15) is 18.0 Å². The summed E-state index contributed by atoms with van der Waals surface area (Å²) >= 11 is 0. The minimum Gasteiger partial charge on any atom is -0.349 e. The van der Waals surface area contributed by atoms with Crippen LogP contribution < -0.4 is 10.7 Å². The van der Waals surface area contributed by atoms with Crippen molar-refractivity contribution in [2.24, 2.45) is 5.92 Å². The van der Waals surface area contributed by atoms with Gasteiger partial charge in [-0.1, -0.05) is 48.9 Å². The first-order valence-electron chi connectivity index (χ1n) is 12.7. The zero-order valence-electron chi connectivity index (χ0n) is 20.9. The molecule has 0 spiro atoms. The molecule has 2 aromatic rings. The molecule has 0 radical (unpaired) electrons. The molecule has 2 aromatic carbocycles. The first-order valence-corrected chi connectivity index (χ1v) is 14.6. The molecule has 2 aliphatic rings. The van der Waals surface area contributed by atoms with E-state index in [4.69, 9.17) is 0 Å². The van der Waals surface area contributed by atoms with Gasteiger partial charge in [-0.15, -0.1) is 0 Å². The average Bonchev–Trinajstić information content (AvgIpc) is 2.82. The minimum atomic E-state index is -3.24. The number of hydrazine groups is 1. The summed E-state index contributed by atoms with van der Waals surface area (Å²) in [4.78, 5) is 27.7. The molecule has 1 atom stereocenters. The van der Waals surface area contributed by atoms with Crippen LogP contribution in [0.5, 0.6) is 0 Å². The van der Waals surface area contributed by atoms with Crippen LogP contribution in [0.2, 0.25) is 0 Å². The van der Waals surface area contributed by atoms with Gasteiger partial charge >= 0.3 is 0 Å². The molecule has 1 aliphatic heterocycles. The van der Waals surface area contributed by atoms with E-state index in [2.05, 4.69) is 27.8 Å². The molecule has 1 unspecified atom stereocenters. The molecule has 2 amide bonds. The van der Waals surface area contributed by atoms with Crippen LogP contribution >= 0.6 is 0 Å². The number of amides is 2. The third kappa shape index (κ3) is 7.38. The monoisotopic (exact) mass is 512 g/mol. The number of hydrogen-bond acceptors (Lipinski definition) is 6. The van der Waals surface area contributed by atoms with Gasteiger partial charge in [0.15, 0.2) is 9.84 Å². The Morgan fingerprint density at radius 1 is 0.972 bits per heavy atom. The van der Waals surface area contributed by atoms with E-state index in [1.165, 1.54) is 18.4 Å². The molecule has 9 heteroatoms. The van der Waals surface area contributed by atoms with E-state index in [1.807, 2.05) is 23.2 Å². The van der Waals surface area contributed by atoms with Gasteiger partial charge in [0, 0.05) is 44.9 Å². The lowest BCUT2D eigenvalue weighted by Gasteiger charge is -2.35. The van der Waals surface area contributed by atoms with Crippen molar-refractivity contribution in [2.45, 2.75) is 43.0 Å². The lowest BCUT2D eigenvalue weighted by Crippen LogP contribution is -2.54. The van der Waals surface area contributed by atoms with E-state index in [0.29, 0.717) is 0 Å². The summed E-state index contributed by atoms with van der Waals surface area (Å²) in [6.45, 7) is 3.99. The van der Waals surface area contributed by atoms with Crippen molar-refractivity contribution in [1.82, 2.24) is 20.7 Å². The van der Waals surface area contributed by atoms with Crippen LogP contribution in [0.25, 0.3) is 0 Å². The zero-order chi connectivity index (χ0) is 25.5. The Kier molecular flexibility index (Phi) is 8.77. The quantitative estimate of drug-likeness (QED) is 0.507. The molecular formula is C27H36N4O4S. The van der Waals surface area contributed by atoms with Crippen molar-refractivity contribution in [3.63, 3.8) is 0 Å². The highest BCUT2D eigenvalue weighted by Crippen LogP contribution is 2.28. The predicted molar refractivity (Wildman–Crippen MR) is 139 cm³/mol. The van der Waals surface area contributed by atoms with Gasteiger partial charge in [0.1, 0.15) is 0 Å². The highest BCUT2D eigenvalue weighted by atomic mass is 32.2. The van der Waals surface area contributed by atoms with Gasteiger partial charge in [-0.25, -0.2) is 13.4 Å². The van der Waals surface area contributed by atoms with E-state index in [1.54, 1.807) is 12.1 Å². The summed E-state index contributed by atoms with van der Waals surface area (Å²) in [5.74, 6) is 0.230. The van der Waals surface area contributed by atoms with E-state index in [-0.39, 0.29) is 35.1 Å². The van der Waals surface area contributed by atoms with Gasteiger partial charge in [0.2, 0.25) is 11.8 Å². The molecule has 0 bridgehead atoms. The summed E-state index contributed by atoms with van der Waals surface area (Å²) in [5.41, 5.74) is 4.88. The van der Waals surface area contributed by atoms with Gasteiger partial charge in [-0.2, -0.15) is 0 Å². The molecule has 0 aromatic heterocycles. The van der Waals surface area contributed by atoms with Crippen LogP contribution in [-0.4, -0.2) is 69.1 Å². The molecule has 1 saturated heterocycles. The topological polar surface area (TPSA) is 98.8 Å². The third-order valence-electron chi connectivity index (χ3n) is 7.10. The fourth-order valence-electron chi connectivity index (χ4n) is 4.62. The Labute approximate surface area is 213 Å². The van der Waals surface area contributed by atoms with Crippen molar-refractivity contribution in [2.75, 3.05) is 39.0 Å². The van der Waals surface area contributed by atoms with E-state index >= 15 is 0 Å². The zero-order valence-corrected chi connectivity index (χ0v) is 21.7. The third-order valence-corrected chi connectivity index (χ3v) is 8.23. The van der Waals surface area contributed by atoms with Crippen molar-refractivity contribution < 1.29 is 18.0 Å². The number of hydrogen-bond donors (Lipinski definition) is 2. The maximum absolute atomic E-state index is 12.6. The highest BCUT2D eigenvalue weighted by molar-refractivity contribution is 7.90. The number of sulfone groups is 1. The molecule has 8 nitrogen and oxygen atoms in total. The van der Waals surface area contributed by atoms with Gasteiger partial charge < -0.3 is 10.2 Å². The van der Waals surface area contributed by atoms with Gasteiger partial charge in [-0.3, -0.25) is 15.0 Å². The van der Waals surface area contributed by atoms with Gasteiger partial charge in [0.25, 0.3) is 0 Å². The predicted octanol–water partition coefficient (Wildman–Crippen LogP) is 2.33. The molecule has 194 valence electrons.